The summed E-state index contributed by atoms with van der Waals surface area (Å²) in [5, 5.41) is 16.1. The van der Waals surface area contributed by atoms with Crippen LogP contribution in [0.5, 0.6) is 0 Å². The quantitative estimate of drug-likeness (QED) is 0.554. The van der Waals surface area contributed by atoms with E-state index < -0.39 is 5.25 Å². The van der Waals surface area contributed by atoms with Crippen molar-refractivity contribution in [2.45, 2.75) is 30.7 Å². The van der Waals surface area contributed by atoms with Crippen molar-refractivity contribution in [2.75, 3.05) is 10.6 Å². The van der Waals surface area contributed by atoms with Crippen LogP contribution in [0, 0.1) is 12.7 Å². The molecule has 0 saturated heterocycles. The largest absolute Gasteiger partial charge is 0.326 e. The summed E-state index contributed by atoms with van der Waals surface area (Å²) in [6.45, 7) is 3.62. The van der Waals surface area contributed by atoms with Gasteiger partial charge >= 0.3 is 0 Å². The summed E-state index contributed by atoms with van der Waals surface area (Å²) in [5.74, 6) is -0.409. The molecular formula is C18H19FN6O2S2. The van der Waals surface area contributed by atoms with Crippen molar-refractivity contribution < 1.29 is 14.0 Å². The maximum Gasteiger partial charge on any atom is 0.239 e. The summed E-state index contributed by atoms with van der Waals surface area (Å²) in [6, 6.07) is 5.50. The summed E-state index contributed by atoms with van der Waals surface area (Å²) >= 11 is 2.60. The molecule has 0 radical (unpaired) electrons. The highest BCUT2D eigenvalue weighted by Gasteiger charge is 2.20. The maximum atomic E-state index is 12.9. The number of carbonyl (C=O) groups is 2. The zero-order chi connectivity index (χ0) is 21.0. The second-order valence-electron chi connectivity index (χ2n) is 6.23. The molecule has 2 aromatic heterocycles. The van der Waals surface area contributed by atoms with Gasteiger partial charge in [0.25, 0.3) is 0 Å². The summed E-state index contributed by atoms with van der Waals surface area (Å²) < 4.78 is 14.6. The number of rotatable bonds is 7. The number of hydrogen-bond acceptors (Lipinski definition) is 7. The lowest BCUT2D eigenvalue weighted by atomic mass is 10.3. The van der Waals surface area contributed by atoms with Gasteiger partial charge in [-0.25, -0.2) is 9.37 Å². The van der Waals surface area contributed by atoms with Gasteiger partial charge in [-0.15, -0.1) is 21.5 Å². The molecule has 0 spiro atoms. The van der Waals surface area contributed by atoms with Gasteiger partial charge in [-0.05, 0) is 38.1 Å². The highest BCUT2D eigenvalue weighted by Crippen LogP contribution is 2.23. The Kier molecular flexibility index (Phi) is 6.60. The fourth-order valence-corrected chi connectivity index (χ4v) is 3.84. The molecule has 0 fully saturated rings. The first kappa shape index (κ1) is 20.9. The molecule has 2 heterocycles. The van der Waals surface area contributed by atoms with E-state index in [-0.39, 0.29) is 24.1 Å². The molecule has 8 nitrogen and oxygen atoms in total. The number of hydrogen-bond donors (Lipinski definition) is 2. The van der Waals surface area contributed by atoms with E-state index in [2.05, 4.69) is 25.8 Å². The molecule has 1 unspecified atom stereocenters. The molecule has 3 aromatic rings. The molecule has 0 saturated carbocycles. The number of thioether (sulfide) groups is 1. The van der Waals surface area contributed by atoms with E-state index in [1.165, 1.54) is 47.4 Å². The van der Waals surface area contributed by atoms with Crippen molar-refractivity contribution in [3.63, 3.8) is 0 Å². The molecule has 1 atom stereocenters. The Labute approximate surface area is 174 Å². The molecule has 2 amide bonds. The average molecular weight is 435 g/mol. The van der Waals surface area contributed by atoms with Crippen LogP contribution in [-0.4, -0.2) is 36.8 Å². The summed E-state index contributed by atoms with van der Waals surface area (Å²) in [5.41, 5.74) is 1.35. The Morgan fingerprint density at radius 1 is 1.24 bits per heavy atom. The molecule has 0 aliphatic carbocycles. The number of aromatic nitrogens is 4. The standard InChI is InChI=1S/C18H19FN6O2S2/c1-10-9-28-17(20-10)22-16(27)11(2)29-18-24-23-14(25(18)3)8-15(26)21-13-6-4-12(19)5-7-13/h4-7,9,11H,8H2,1-3H3,(H,21,26)(H,20,22,27). The van der Waals surface area contributed by atoms with Crippen LogP contribution >= 0.6 is 23.1 Å². The van der Waals surface area contributed by atoms with E-state index in [1.54, 1.807) is 18.5 Å². The number of thiazole rings is 1. The predicted octanol–water partition coefficient (Wildman–Crippen LogP) is 3.02. The minimum Gasteiger partial charge on any atom is -0.326 e. The smallest absolute Gasteiger partial charge is 0.239 e. The second-order valence-corrected chi connectivity index (χ2v) is 8.40. The van der Waals surface area contributed by atoms with Crippen LogP contribution in [0.1, 0.15) is 18.4 Å². The first-order valence-electron chi connectivity index (χ1n) is 8.65. The minimum absolute atomic E-state index is 0.000403. The van der Waals surface area contributed by atoms with Crippen LogP contribution in [0.25, 0.3) is 0 Å². The van der Waals surface area contributed by atoms with Gasteiger partial charge in [-0.3, -0.25) is 9.59 Å². The molecule has 0 aliphatic rings. The molecule has 3 rings (SSSR count). The highest BCUT2D eigenvalue weighted by molar-refractivity contribution is 8.00. The van der Waals surface area contributed by atoms with Crippen molar-refractivity contribution >= 4 is 45.7 Å². The van der Waals surface area contributed by atoms with Crippen LogP contribution in [-0.2, 0) is 23.1 Å². The summed E-state index contributed by atoms with van der Waals surface area (Å²) in [4.78, 5) is 28.7. The molecule has 152 valence electrons. The zero-order valence-electron chi connectivity index (χ0n) is 16.0. The summed E-state index contributed by atoms with van der Waals surface area (Å²) in [6.07, 6.45) is 0.000403. The van der Waals surface area contributed by atoms with E-state index in [4.69, 9.17) is 0 Å². The predicted molar refractivity (Wildman–Crippen MR) is 111 cm³/mol. The lowest BCUT2D eigenvalue weighted by Crippen LogP contribution is -2.23. The third-order valence-corrected chi connectivity index (χ3v) is 5.88. The Bertz CT molecular complexity index is 1020. The Hall–Kier alpha value is -2.79. The minimum atomic E-state index is -0.428. The van der Waals surface area contributed by atoms with Crippen molar-refractivity contribution in [3.8, 4) is 0 Å². The first-order valence-corrected chi connectivity index (χ1v) is 10.4. The van der Waals surface area contributed by atoms with Gasteiger partial charge in [0.1, 0.15) is 11.6 Å². The molecule has 2 N–H and O–H groups in total. The van der Waals surface area contributed by atoms with Crippen molar-refractivity contribution in [3.05, 3.63) is 47.0 Å². The fourth-order valence-electron chi connectivity index (χ4n) is 2.31. The van der Waals surface area contributed by atoms with Gasteiger partial charge in [0, 0.05) is 18.1 Å². The number of amides is 2. The number of nitrogens with zero attached hydrogens (tertiary/aromatic N) is 4. The van der Waals surface area contributed by atoms with Crippen molar-refractivity contribution in [1.82, 2.24) is 19.7 Å². The second kappa shape index (κ2) is 9.14. The van der Waals surface area contributed by atoms with E-state index in [9.17, 15) is 14.0 Å². The topological polar surface area (TPSA) is 102 Å². The van der Waals surface area contributed by atoms with Crippen molar-refractivity contribution in [2.24, 2.45) is 7.05 Å². The fraction of sp³-hybridized carbons (Fsp3) is 0.278. The molecule has 0 aliphatic heterocycles. The van der Waals surface area contributed by atoms with E-state index in [0.29, 0.717) is 21.8 Å². The normalized spacial score (nSPS) is 11.9. The van der Waals surface area contributed by atoms with Gasteiger partial charge in [0.15, 0.2) is 10.3 Å². The van der Waals surface area contributed by atoms with E-state index >= 15 is 0 Å². The van der Waals surface area contributed by atoms with Gasteiger partial charge in [0.2, 0.25) is 11.8 Å². The Morgan fingerprint density at radius 3 is 2.62 bits per heavy atom. The molecule has 1 aromatic carbocycles. The first-order chi connectivity index (χ1) is 13.8. The van der Waals surface area contributed by atoms with E-state index in [1.807, 2.05) is 12.3 Å². The van der Waals surface area contributed by atoms with Gasteiger partial charge < -0.3 is 15.2 Å². The zero-order valence-corrected chi connectivity index (χ0v) is 17.6. The lowest BCUT2D eigenvalue weighted by molar-refractivity contribution is -0.116. The molecule has 29 heavy (non-hydrogen) atoms. The number of carbonyl (C=O) groups excluding carboxylic acids is 2. The van der Waals surface area contributed by atoms with Crippen molar-refractivity contribution in [1.29, 1.82) is 0 Å². The summed E-state index contributed by atoms with van der Waals surface area (Å²) in [7, 11) is 1.73. The third kappa shape index (κ3) is 5.61. The van der Waals surface area contributed by atoms with Crippen LogP contribution in [0.2, 0.25) is 0 Å². The number of nitrogens with one attached hydrogen (secondary N) is 2. The lowest BCUT2D eigenvalue weighted by Gasteiger charge is -2.10. The van der Waals surface area contributed by atoms with Gasteiger partial charge in [0.05, 0.1) is 17.4 Å². The average Bonchev–Trinajstić information content (AvgIpc) is 3.23. The number of aryl methyl sites for hydroxylation is 1. The molecule has 11 heteroatoms. The van der Waals surface area contributed by atoms with Crippen LogP contribution in [0.4, 0.5) is 15.2 Å². The van der Waals surface area contributed by atoms with Gasteiger partial charge in [-0.2, -0.15) is 0 Å². The SMILES string of the molecule is Cc1csc(NC(=O)C(C)Sc2nnc(CC(=O)Nc3ccc(F)cc3)n2C)n1. The highest BCUT2D eigenvalue weighted by atomic mass is 32.2. The monoisotopic (exact) mass is 434 g/mol. The van der Waals surface area contributed by atoms with Crippen LogP contribution in [0.3, 0.4) is 0 Å². The maximum absolute atomic E-state index is 12.9. The van der Waals surface area contributed by atoms with Gasteiger partial charge in [-0.1, -0.05) is 11.8 Å². The molecule has 0 bridgehead atoms. The van der Waals surface area contributed by atoms with Crippen LogP contribution in [0.15, 0.2) is 34.8 Å². The Morgan fingerprint density at radius 2 is 1.97 bits per heavy atom. The van der Waals surface area contributed by atoms with Crippen LogP contribution < -0.4 is 10.6 Å². The Balaban J connectivity index is 1.57. The number of halogens is 1. The third-order valence-electron chi connectivity index (χ3n) is 3.87. The molecular weight excluding hydrogens is 415 g/mol. The van der Waals surface area contributed by atoms with E-state index in [0.717, 1.165) is 5.69 Å². The number of anilines is 2. The number of benzene rings is 1.